The molecule has 0 saturated heterocycles. The Morgan fingerprint density at radius 1 is 1.03 bits per heavy atom. The molecule has 0 fully saturated rings. The van der Waals surface area contributed by atoms with Crippen LogP contribution in [0.2, 0.25) is 0 Å². The van der Waals surface area contributed by atoms with Crippen LogP contribution in [-0.2, 0) is 0 Å². The average molecular weight is 432 g/mol. The molecule has 1 N–H and O–H groups in total. The fourth-order valence-electron chi connectivity index (χ4n) is 3.06. The molecule has 0 aliphatic rings. The summed E-state index contributed by atoms with van der Waals surface area (Å²) in [4.78, 5) is 15.8. The first-order valence-electron chi connectivity index (χ1n) is 10.7. The van der Waals surface area contributed by atoms with Gasteiger partial charge in [0.2, 0.25) is 0 Å². The Kier molecular flexibility index (Phi) is 8.37. The number of carbonyl (C=O) groups excluding carboxylic acids is 1. The third-order valence-corrected chi connectivity index (χ3v) is 4.81. The summed E-state index contributed by atoms with van der Waals surface area (Å²) in [6.07, 6.45) is 5.50. The lowest BCUT2D eigenvalue weighted by molar-refractivity contribution is 0.0955. The molecule has 0 radical (unpaired) electrons. The zero-order valence-corrected chi connectivity index (χ0v) is 18.7. The van der Waals surface area contributed by atoms with Crippen LogP contribution in [0.5, 0.6) is 11.5 Å². The van der Waals surface area contributed by atoms with Gasteiger partial charge in [0, 0.05) is 24.4 Å². The Balaban J connectivity index is 1.40. The lowest BCUT2D eigenvalue weighted by Crippen LogP contribution is -2.17. The quantitative estimate of drug-likeness (QED) is 0.275. The maximum atomic E-state index is 11.9. The van der Waals surface area contributed by atoms with E-state index in [1.54, 1.807) is 30.7 Å². The highest BCUT2D eigenvalue weighted by Crippen LogP contribution is 2.27. The molecule has 1 aromatic heterocycles. The van der Waals surface area contributed by atoms with E-state index in [-0.39, 0.29) is 5.91 Å². The lowest BCUT2D eigenvalue weighted by atomic mass is 10.0. The second kappa shape index (κ2) is 11.6. The van der Waals surface area contributed by atoms with E-state index < -0.39 is 0 Å². The molecule has 3 aromatic rings. The van der Waals surface area contributed by atoms with Crippen molar-refractivity contribution in [2.75, 3.05) is 13.2 Å². The first-order chi connectivity index (χ1) is 15.5. The summed E-state index contributed by atoms with van der Waals surface area (Å²) in [5, 5.41) is 3.99. The van der Waals surface area contributed by atoms with E-state index >= 15 is 0 Å². The Morgan fingerprint density at radius 3 is 2.47 bits per heavy atom. The van der Waals surface area contributed by atoms with Gasteiger partial charge in [0.05, 0.1) is 19.4 Å². The molecular formula is C26H29N3O3. The molecular weight excluding hydrogens is 402 g/mol. The molecule has 166 valence electrons. The predicted octanol–water partition coefficient (Wildman–Crippen LogP) is 5.13. The van der Waals surface area contributed by atoms with Gasteiger partial charge in [-0.15, -0.1) is 0 Å². The van der Waals surface area contributed by atoms with Crippen molar-refractivity contribution in [2.24, 2.45) is 5.10 Å². The van der Waals surface area contributed by atoms with E-state index in [0.29, 0.717) is 24.7 Å². The maximum Gasteiger partial charge on any atom is 0.271 e. The fraction of sp³-hybridized carbons (Fsp3) is 0.269. The van der Waals surface area contributed by atoms with E-state index in [2.05, 4.69) is 54.5 Å². The van der Waals surface area contributed by atoms with Crippen LogP contribution in [-0.4, -0.2) is 30.3 Å². The fourth-order valence-corrected chi connectivity index (χ4v) is 3.06. The number of ether oxygens (including phenoxy) is 2. The number of hydrogen-bond donors (Lipinski definition) is 1. The van der Waals surface area contributed by atoms with Crippen molar-refractivity contribution in [3.63, 3.8) is 0 Å². The second-order valence-corrected chi connectivity index (χ2v) is 7.75. The summed E-state index contributed by atoms with van der Waals surface area (Å²) in [6, 6.07) is 17.1. The molecule has 32 heavy (non-hydrogen) atoms. The molecule has 1 amide bonds. The Hall–Kier alpha value is -3.67. The Bertz CT molecular complexity index is 1030. The van der Waals surface area contributed by atoms with Crippen molar-refractivity contribution in [3.05, 3.63) is 89.2 Å². The summed E-state index contributed by atoms with van der Waals surface area (Å²) in [5.41, 5.74) is 6.28. The van der Waals surface area contributed by atoms with Gasteiger partial charge in [-0.05, 0) is 72.0 Å². The Morgan fingerprint density at radius 2 is 1.75 bits per heavy atom. The van der Waals surface area contributed by atoms with Gasteiger partial charge in [0.25, 0.3) is 5.91 Å². The number of nitrogens with zero attached hydrogens (tertiary/aromatic N) is 2. The SMILES string of the molecule is Cc1ccc(C(C)C)c(OCCCOc2ccc(/C=N\NC(=O)c3ccncc3)cc2)c1. The number of aryl methyl sites for hydroxylation is 1. The molecule has 0 unspecified atom stereocenters. The minimum absolute atomic E-state index is 0.281. The standard InChI is InChI=1S/C26H29N3O3/c1-19(2)24-10-5-20(3)17-25(24)32-16-4-15-31-23-8-6-21(7-9-23)18-28-29-26(30)22-11-13-27-14-12-22/h5-14,17-19H,4,15-16H2,1-3H3,(H,29,30)/b28-18-. The molecule has 6 heteroatoms. The number of amides is 1. The van der Waals surface area contributed by atoms with E-state index in [1.807, 2.05) is 24.3 Å². The minimum Gasteiger partial charge on any atom is -0.493 e. The topological polar surface area (TPSA) is 72.8 Å². The maximum absolute atomic E-state index is 11.9. The molecule has 3 rings (SSSR count). The molecule has 0 saturated carbocycles. The third-order valence-electron chi connectivity index (χ3n) is 4.81. The zero-order valence-electron chi connectivity index (χ0n) is 18.7. The monoisotopic (exact) mass is 431 g/mol. The van der Waals surface area contributed by atoms with Gasteiger partial charge in [0.15, 0.2) is 0 Å². The highest BCUT2D eigenvalue weighted by atomic mass is 16.5. The summed E-state index contributed by atoms with van der Waals surface area (Å²) in [7, 11) is 0. The smallest absolute Gasteiger partial charge is 0.271 e. The molecule has 0 bridgehead atoms. The van der Waals surface area contributed by atoms with Crippen LogP contribution in [0, 0.1) is 6.92 Å². The van der Waals surface area contributed by atoms with Crippen LogP contribution in [0.25, 0.3) is 0 Å². The van der Waals surface area contributed by atoms with Crippen LogP contribution in [0.15, 0.2) is 72.1 Å². The van der Waals surface area contributed by atoms with Crippen molar-refractivity contribution in [3.8, 4) is 11.5 Å². The average Bonchev–Trinajstić information content (AvgIpc) is 2.80. The lowest BCUT2D eigenvalue weighted by Gasteiger charge is -2.15. The predicted molar refractivity (Wildman–Crippen MR) is 127 cm³/mol. The third kappa shape index (κ3) is 6.94. The highest BCUT2D eigenvalue weighted by Gasteiger charge is 2.08. The normalized spacial score (nSPS) is 11.0. The van der Waals surface area contributed by atoms with Crippen LogP contribution >= 0.6 is 0 Å². The number of benzene rings is 2. The Labute approximate surface area is 189 Å². The number of hydrazone groups is 1. The molecule has 6 nitrogen and oxygen atoms in total. The molecule has 1 heterocycles. The zero-order chi connectivity index (χ0) is 22.8. The summed E-state index contributed by atoms with van der Waals surface area (Å²) in [5.74, 6) is 1.88. The number of nitrogens with one attached hydrogen (secondary N) is 1. The molecule has 2 aromatic carbocycles. The molecule has 0 spiro atoms. The van der Waals surface area contributed by atoms with E-state index in [0.717, 1.165) is 23.5 Å². The molecule has 0 atom stereocenters. The highest BCUT2D eigenvalue weighted by molar-refractivity contribution is 5.94. The van der Waals surface area contributed by atoms with Crippen molar-refractivity contribution in [1.29, 1.82) is 0 Å². The van der Waals surface area contributed by atoms with Gasteiger partial charge in [-0.1, -0.05) is 26.0 Å². The summed E-state index contributed by atoms with van der Waals surface area (Å²) in [6.45, 7) is 7.58. The van der Waals surface area contributed by atoms with E-state index in [1.165, 1.54) is 11.1 Å². The van der Waals surface area contributed by atoms with Crippen LogP contribution in [0.3, 0.4) is 0 Å². The van der Waals surface area contributed by atoms with Crippen molar-refractivity contribution in [2.45, 2.75) is 33.1 Å². The summed E-state index contributed by atoms with van der Waals surface area (Å²) < 4.78 is 11.8. The van der Waals surface area contributed by atoms with Crippen molar-refractivity contribution in [1.82, 2.24) is 10.4 Å². The van der Waals surface area contributed by atoms with E-state index in [4.69, 9.17) is 9.47 Å². The van der Waals surface area contributed by atoms with Gasteiger partial charge >= 0.3 is 0 Å². The number of pyridine rings is 1. The van der Waals surface area contributed by atoms with Gasteiger partial charge < -0.3 is 9.47 Å². The number of aromatic nitrogens is 1. The number of carbonyl (C=O) groups is 1. The first kappa shape index (κ1) is 23.0. The first-order valence-corrected chi connectivity index (χ1v) is 10.7. The van der Waals surface area contributed by atoms with Crippen LogP contribution in [0.1, 0.15) is 53.2 Å². The van der Waals surface area contributed by atoms with Gasteiger partial charge in [-0.3, -0.25) is 9.78 Å². The summed E-state index contributed by atoms with van der Waals surface area (Å²) >= 11 is 0. The molecule has 0 aliphatic heterocycles. The van der Waals surface area contributed by atoms with Crippen molar-refractivity contribution < 1.29 is 14.3 Å². The number of hydrogen-bond acceptors (Lipinski definition) is 5. The van der Waals surface area contributed by atoms with Crippen molar-refractivity contribution >= 4 is 12.1 Å². The van der Waals surface area contributed by atoms with Gasteiger partial charge in [-0.2, -0.15) is 5.10 Å². The minimum atomic E-state index is -0.281. The van der Waals surface area contributed by atoms with Crippen LogP contribution in [0.4, 0.5) is 0 Å². The number of rotatable bonds is 10. The second-order valence-electron chi connectivity index (χ2n) is 7.75. The largest absolute Gasteiger partial charge is 0.493 e. The van der Waals surface area contributed by atoms with E-state index in [9.17, 15) is 4.79 Å². The molecule has 0 aliphatic carbocycles. The van der Waals surface area contributed by atoms with Gasteiger partial charge in [0.1, 0.15) is 11.5 Å². The van der Waals surface area contributed by atoms with Crippen LogP contribution < -0.4 is 14.9 Å². The van der Waals surface area contributed by atoms with Gasteiger partial charge in [-0.25, -0.2) is 5.43 Å².